The summed E-state index contributed by atoms with van der Waals surface area (Å²) in [5.41, 5.74) is 1.03. The fourth-order valence-electron chi connectivity index (χ4n) is 2.40. The number of amides is 1. The highest BCUT2D eigenvalue weighted by atomic mass is 16.5. The Morgan fingerprint density at radius 2 is 2.00 bits per heavy atom. The lowest BCUT2D eigenvalue weighted by atomic mass is 9.97. The molecule has 110 valence electrons. The van der Waals surface area contributed by atoms with E-state index in [9.17, 15) is 9.90 Å². The van der Waals surface area contributed by atoms with Crippen molar-refractivity contribution in [1.82, 2.24) is 4.90 Å². The summed E-state index contributed by atoms with van der Waals surface area (Å²) in [6.07, 6.45) is 0.290. The third-order valence-electron chi connectivity index (χ3n) is 3.59. The highest BCUT2D eigenvalue weighted by Crippen LogP contribution is 2.28. The normalized spacial score (nSPS) is 16.5. The third kappa shape index (κ3) is 3.04. The van der Waals surface area contributed by atoms with E-state index in [2.05, 4.69) is 0 Å². The number of hydrogen-bond acceptors (Lipinski definition) is 4. The van der Waals surface area contributed by atoms with Crippen LogP contribution in [0, 0.1) is 5.92 Å². The van der Waals surface area contributed by atoms with Gasteiger partial charge < -0.3 is 19.5 Å². The lowest BCUT2D eigenvalue weighted by molar-refractivity contribution is -0.145. The molecule has 1 saturated heterocycles. The average Bonchev–Trinajstić information content (AvgIpc) is 2.42. The molecule has 1 fully saturated rings. The number of aliphatic hydroxyl groups excluding tert-OH is 1. The van der Waals surface area contributed by atoms with Crippen LogP contribution in [-0.2, 0) is 11.2 Å². The maximum absolute atomic E-state index is 12.1. The van der Waals surface area contributed by atoms with Crippen LogP contribution in [0.25, 0.3) is 0 Å². The number of benzene rings is 1. The van der Waals surface area contributed by atoms with Gasteiger partial charge in [-0.05, 0) is 24.1 Å². The first-order valence-corrected chi connectivity index (χ1v) is 6.73. The summed E-state index contributed by atoms with van der Waals surface area (Å²) >= 11 is 0. The molecule has 0 aliphatic carbocycles. The smallest absolute Gasteiger partial charge is 0.225 e. The van der Waals surface area contributed by atoms with Gasteiger partial charge in [0.15, 0.2) is 11.5 Å². The van der Waals surface area contributed by atoms with Crippen molar-refractivity contribution in [2.45, 2.75) is 19.4 Å². The van der Waals surface area contributed by atoms with Gasteiger partial charge in [-0.1, -0.05) is 13.0 Å². The molecule has 0 bridgehead atoms. The number of rotatable bonds is 5. The molecule has 1 aliphatic rings. The summed E-state index contributed by atoms with van der Waals surface area (Å²) in [7, 11) is 3.19. The number of β-amino-alcohol motifs (C(OH)–C–C–N with tert-alkyl or cyclic N) is 1. The van der Waals surface area contributed by atoms with Gasteiger partial charge in [0, 0.05) is 19.0 Å². The molecule has 1 heterocycles. The summed E-state index contributed by atoms with van der Waals surface area (Å²) in [6.45, 7) is 2.81. The Kier molecular flexibility index (Phi) is 4.49. The Morgan fingerprint density at radius 3 is 2.55 bits per heavy atom. The largest absolute Gasteiger partial charge is 0.493 e. The molecular weight excluding hydrogens is 258 g/mol. The number of likely N-dealkylation sites (tertiary alicyclic amines) is 1. The van der Waals surface area contributed by atoms with E-state index >= 15 is 0 Å². The van der Waals surface area contributed by atoms with Crippen molar-refractivity contribution in [1.29, 1.82) is 0 Å². The first-order valence-electron chi connectivity index (χ1n) is 6.73. The van der Waals surface area contributed by atoms with Crippen molar-refractivity contribution in [3.05, 3.63) is 23.8 Å². The van der Waals surface area contributed by atoms with Gasteiger partial charge in [-0.25, -0.2) is 0 Å². The highest BCUT2D eigenvalue weighted by molar-refractivity contribution is 5.79. The van der Waals surface area contributed by atoms with E-state index in [0.717, 1.165) is 5.56 Å². The van der Waals surface area contributed by atoms with Crippen LogP contribution in [-0.4, -0.2) is 49.3 Å². The number of methoxy groups -OCH3 is 2. The molecule has 2 rings (SSSR count). The molecule has 1 amide bonds. The molecule has 20 heavy (non-hydrogen) atoms. The van der Waals surface area contributed by atoms with E-state index in [0.29, 0.717) is 31.0 Å². The lowest BCUT2D eigenvalue weighted by Gasteiger charge is -2.37. The molecular formula is C15H21NO4. The minimum Gasteiger partial charge on any atom is -0.493 e. The summed E-state index contributed by atoms with van der Waals surface area (Å²) in [5.74, 6) is 1.33. The SMILES string of the molecule is COc1ccc(CC(C)C(=O)N2CC(O)C2)cc1OC. The van der Waals surface area contributed by atoms with E-state index in [-0.39, 0.29) is 17.9 Å². The molecule has 5 nitrogen and oxygen atoms in total. The van der Waals surface area contributed by atoms with Crippen molar-refractivity contribution in [2.75, 3.05) is 27.3 Å². The second-order valence-electron chi connectivity index (χ2n) is 5.19. The number of hydrogen-bond donors (Lipinski definition) is 1. The molecule has 1 aliphatic heterocycles. The Balaban J connectivity index is 2.00. The fourth-order valence-corrected chi connectivity index (χ4v) is 2.40. The summed E-state index contributed by atoms with van der Waals surface area (Å²) in [6, 6.07) is 5.68. The van der Waals surface area contributed by atoms with Crippen molar-refractivity contribution in [3.8, 4) is 11.5 Å². The zero-order valence-corrected chi connectivity index (χ0v) is 12.1. The van der Waals surface area contributed by atoms with Gasteiger partial charge in [0.05, 0.1) is 20.3 Å². The molecule has 0 aromatic heterocycles. The lowest BCUT2D eigenvalue weighted by Crippen LogP contribution is -2.55. The van der Waals surface area contributed by atoms with Crippen LogP contribution in [0.1, 0.15) is 12.5 Å². The molecule has 5 heteroatoms. The summed E-state index contributed by atoms with van der Waals surface area (Å²) < 4.78 is 10.5. The molecule has 1 aromatic carbocycles. The van der Waals surface area contributed by atoms with E-state index in [4.69, 9.17) is 9.47 Å². The van der Waals surface area contributed by atoms with E-state index in [1.54, 1.807) is 19.1 Å². The Hall–Kier alpha value is -1.75. The maximum Gasteiger partial charge on any atom is 0.225 e. The van der Waals surface area contributed by atoms with Crippen LogP contribution in [0.4, 0.5) is 0 Å². The average molecular weight is 279 g/mol. The van der Waals surface area contributed by atoms with Gasteiger partial charge in [0.1, 0.15) is 0 Å². The van der Waals surface area contributed by atoms with Gasteiger partial charge in [0.2, 0.25) is 5.91 Å². The van der Waals surface area contributed by atoms with Gasteiger partial charge in [-0.2, -0.15) is 0 Å². The quantitative estimate of drug-likeness (QED) is 0.876. The number of aliphatic hydroxyl groups is 1. The van der Waals surface area contributed by atoms with Crippen molar-refractivity contribution in [2.24, 2.45) is 5.92 Å². The number of carbonyl (C=O) groups is 1. The topological polar surface area (TPSA) is 59.0 Å². The van der Waals surface area contributed by atoms with E-state index in [1.165, 1.54) is 0 Å². The molecule has 1 atom stereocenters. The first kappa shape index (κ1) is 14.7. The second kappa shape index (κ2) is 6.13. The van der Waals surface area contributed by atoms with Gasteiger partial charge >= 0.3 is 0 Å². The number of ether oxygens (including phenoxy) is 2. The van der Waals surface area contributed by atoms with Gasteiger partial charge in [-0.15, -0.1) is 0 Å². The van der Waals surface area contributed by atoms with E-state index in [1.807, 2.05) is 25.1 Å². The number of carbonyl (C=O) groups excluding carboxylic acids is 1. The van der Waals surface area contributed by atoms with Crippen LogP contribution >= 0.6 is 0 Å². The van der Waals surface area contributed by atoms with Gasteiger partial charge in [0.25, 0.3) is 0 Å². The summed E-state index contributed by atoms with van der Waals surface area (Å²) in [4.78, 5) is 13.8. The molecule has 1 unspecified atom stereocenters. The molecule has 0 radical (unpaired) electrons. The third-order valence-corrected chi connectivity index (χ3v) is 3.59. The minimum atomic E-state index is -0.354. The highest BCUT2D eigenvalue weighted by Gasteiger charge is 2.31. The predicted octanol–water partition coefficient (Wildman–Crippen LogP) is 1.09. The second-order valence-corrected chi connectivity index (χ2v) is 5.19. The first-order chi connectivity index (χ1) is 9.55. The summed E-state index contributed by atoms with van der Waals surface area (Å²) in [5, 5.41) is 9.24. The van der Waals surface area contributed by atoms with Crippen LogP contribution < -0.4 is 9.47 Å². The number of nitrogens with zero attached hydrogens (tertiary/aromatic N) is 1. The van der Waals surface area contributed by atoms with Crippen LogP contribution in [0.2, 0.25) is 0 Å². The van der Waals surface area contributed by atoms with Crippen molar-refractivity contribution in [3.63, 3.8) is 0 Å². The standard InChI is InChI=1S/C15H21NO4/c1-10(15(18)16-8-12(17)9-16)6-11-4-5-13(19-2)14(7-11)20-3/h4-5,7,10,12,17H,6,8-9H2,1-3H3. The fraction of sp³-hybridized carbons (Fsp3) is 0.533. The van der Waals surface area contributed by atoms with E-state index < -0.39 is 0 Å². The maximum atomic E-state index is 12.1. The van der Waals surface area contributed by atoms with Gasteiger partial charge in [-0.3, -0.25) is 4.79 Å². The zero-order valence-electron chi connectivity index (χ0n) is 12.1. The molecule has 1 aromatic rings. The van der Waals surface area contributed by atoms with Crippen LogP contribution in [0.5, 0.6) is 11.5 Å². The molecule has 1 N–H and O–H groups in total. The van der Waals surface area contributed by atoms with Crippen LogP contribution in [0.15, 0.2) is 18.2 Å². The minimum absolute atomic E-state index is 0.0880. The Morgan fingerprint density at radius 1 is 1.35 bits per heavy atom. The zero-order chi connectivity index (χ0) is 14.7. The van der Waals surface area contributed by atoms with Crippen molar-refractivity contribution >= 4 is 5.91 Å². The Bertz CT molecular complexity index is 483. The predicted molar refractivity (Wildman–Crippen MR) is 75.0 cm³/mol. The van der Waals surface area contributed by atoms with Crippen molar-refractivity contribution < 1.29 is 19.4 Å². The Labute approximate surface area is 119 Å². The van der Waals surface area contributed by atoms with Crippen LogP contribution in [0.3, 0.4) is 0 Å². The molecule has 0 saturated carbocycles. The molecule has 0 spiro atoms. The monoisotopic (exact) mass is 279 g/mol.